The first kappa shape index (κ1) is 10.2. The van der Waals surface area contributed by atoms with Crippen LogP contribution in [0, 0.1) is 0 Å². The number of allylic oxidation sites excluding steroid dienone is 1. The Labute approximate surface area is 64.0 Å². The fraction of sp³-hybridized carbons (Fsp3) is 0.333. The van der Waals surface area contributed by atoms with Gasteiger partial charge >= 0.3 is 12.4 Å². The molecule has 0 rings (SSSR count). The quantitative estimate of drug-likeness (QED) is 0.567. The van der Waals surface area contributed by atoms with Crippen molar-refractivity contribution in [2.45, 2.75) is 4.83 Å². The van der Waals surface area contributed by atoms with Crippen molar-refractivity contribution in [2.75, 3.05) is 0 Å². The molecule has 0 saturated carbocycles. The number of rotatable bonds is 2. The van der Waals surface area contributed by atoms with Gasteiger partial charge < -0.3 is 9.79 Å². The van der Waals surface area contributed by atoms with Crippen LogP contribution in [0.5, 0.6) is 0 Å². The minimum absolute atomic E-state index is 0.0910. The van der Waals surface area contributed by atoms with Gasteiger partial charge in [-0.2, -0.15) is 8.78 Å². The molecule has 0 aromatic rings. The fourth-order valence-corrected chi connectivity index (χ4v) is 0.899. The van der Waals surface area contributed by atoms with Gasteiger partial charge in [0, 0.05) is 11.9 Å². The molecule has 0 bridgehead atoms. The molecule has 2 N–H and O–H groups in total. The second-order valence-corrected chi connectivity index (χ2v) is 3.98. The van der Waals surface area contributed by atoms with E-state index in [2.05, 4.69) is 0 Å². The molecule has 0 saturated heterocycles. The predicted octanol–water partition coefficient (Wildman–Crippen LogP) is 1.67. The molecule has 0 aliphatic heterocycles. The van der Waals surface area contributed by atoms with Crippen molar-refractivity contribution in [2.24, 2.45) is 0 Å². The Kier molecular flexibility index (Phi) is 3.16. The first-order chi connectivity index (χ1) is 4.21. The van der Waals surface area contributed by atoms with Crippen molar-refractivity contribution in [1.29, 1.82) is 0 Å². The van der Waals surface area contributed by atoms with Crippen LogP contribution in [0.25, 0.3) is 0 Å². The zero-order valence-electron chi connectivity index (χ0n) is 4.54. The lowest BCUT2D eigenvalue weighted by molar-refractivity contribution is 0.171. The van der Waals surface area contributed by atoms with Gasteiger partial charge in [0.2, 0.25) is 0 Å². The first-order valence-corrected chi connectivity index (χ1v) is 4.50. The SMILES string of the molecule is O=P(O)(O)C=CC(F)(F)Br. The van der Waals surface area contributed by atoms with Gasteiger partial charge in [0.25, 0.3) is 0 Å². The molecule has 0 atom stereocenters. The summed E-state index contributed by atoms with van der Waals surface area (Å²) in [7, 11) is -4.45. The molecule has 0 spiro atoms. The van der Waals surface area contributed by atoms with E-state index in [-0.39, 0.29) is 11.9 Å². The highest BCUT2D eigenvalue weighted by Gasteiger charge is 2.20. The topological polar surface area (TPSA) is 57.5 Å². The smallest absolute Gasteiger partial charge is 0.321 e. The molecule has 10 heavy (non-hydrogen) atoms. The van der Waals surface area contributed by atoms with Crippen LogP contribution in [-0.2, 0) is 4.57 Å². The lowest BCUT2D eigenvalue weighted by Gasteiger charge is -1.99. The lowest BCUT2D eigenvalue weighted by Crippen LogP contribution is -1.97. The van der Waals surface area contributed by atoms with Gasteiger partial charge in [0.15, 0.2) is 0 Å². The van der Waals surface area contributed by atoms with Gasteiger partial charge in [-0.3, -0.25) is 4.57 Å². The van der Waals surface area contributed by atoms with Crippen LogP contribution in [-0.4, -0.2) is 14.6 Å². The highest BCUT2D eigenvalue weighted by atomic mass is 79.9. The van der Waals surface area contributed by atoms with Crippen molar-refractivity contribution >= 4 is 23.5 Å². The average Bonchev–Trinajstić information content (AvgIpc) is 1.57. The molecule has 0 aliphatic rings. The van der Waals surface area contributed by atoms with Crippen LogP contribution in [0.1, 0.15) is 0 Å². The lowest BCUT2D eigenvalue weighted by atomic mass is 10.7. The molecule has 0 amide bonds. The van der Waals surface area contributed by atoms with E-state index in [0.717, 1.165) is 0 Å². The summed E-state index contributed by atoms with van der Waals surface area (Å²) < 4.78 is 33.4. The van der Waals surface area contributed by atoms with Gasteiger partial charge in [-0.1, -0.05) is 0 Å². The summed E-state index contributed by atoms with van der Waals surface area (Å²) in [5.74, 6) is 0.141. The number of alkyl halides is 3. The van der Waals surface area contributed by atoms with Gasteiger partial charge in [-0.15, -0.1) is 0 Å². The van der Waals surface area contributed by atoms with Crippen molar-refractivity contribution in [3.8, 4) is 0 Å². The molecule has 0 fully saturated rings. The third-order valence-electron chi connectivity index (χ3n) is 0.458. The molecule has 0 aromatic heterocycles. The Bertz CT molecular complexity index is 181. The van der Waals surface area contributed by atoms with Gasteiger partial charge in [-0.25, -0.2) is 0 Å². The summed E-state index contributed by atoms with van der Waals surface area (Å²) in [6.45, 7) is 0. The largest absolute Gasteiger partial charge is 0.348 e. The van der Waals surface area contributed by atoms with E-state index >= 15 is 0 Å². The molecular weight excluding hydrogens is 233 g/mol. The molecule has 0 radical (unpaired) electrons. The van der Waals surface area contributed by atoms with Crippen molar-refractivity contribution in [3.63, 3.8) is 0 Å². The minimum Gasteiger partial charge on any atom is -0.321 e. The average molecular weight is 237 g/mol. The van der Waals surface area contributed by atoms with E-state index in [1.807, 2.05) is 15.9 Å². The van der Waals surface area contributed by atoms with Crippen molar-refractivity contribution in [1.82, 2.24) is 0 Å². The van der Waals surface area contributed by atoms with E-state index in [0.29, 0.717) is 0 Å². The predicted molar refractivity (Wildman–Crippen MR) is 35.1 cm³/mol. The number of hydrogen-bond acceptors (Lipinski definition) is 1. The van der Waals surface area contributed by atoms with Crippen LogP contribution in [0.15, 0.2) is 11.9 Å². The molecule has 0 aromatic carbocycles. The van der Waals surface area contributed by atoms with E-state index in [4.69, 9.17) is 9.79 Å². The zero-order chi connectivity index (χ0) is 8.41. The maximum Gasteiger partial charge on any atom is 0.348 e. The summed E-state index contributed by atoms with van der Waals surface area (Å²) in [5.41, 5.74) is 0. The Hall–Kier alpha value is 0.230. The molecular formula is C3H4BrF2O3P. The molecule has 60 valence electrons. The van der Waals surface area contributed by atoms with Crippen molar-refractivity contribution in [3.05, 3.63) is 11.9 Å². The van der Waals surface area contributed by atoms with E-state index in [1.165, 1.54) is 0 Å². The van der Waals surface area contributed by atoms with Gasteiger partial charge in [0.05, 0.1) is 0 Å². The maximum atomic E-state index is 11.7. The highest BCUT2D eigenvalue weighted by Crippen LogP contribution is 2.38. The summed E-state index contributed by atoms with van der Waals surface area (Å²) in [4.78, 5) is 12.7. The third-order valence-corrected chi connectivity index (χ3v) is 1.26. The summed E-state index contributed by atoms with van der Waals surface area (Å²) in [6.07, 6.45) is 0.0910. The molecule has 0 heterocycles. The van der Waals surface area contributed by atoms with Crippen LogP contribution < -0.4 is 0 Å². The minimum atomic E-state index is -4.45. The summed E-state index contributed by atoms with van der Waals surface area (Å²) in [6, 6.07) is 0. The van der Waals surface area contributed by atoms with E-state index < -0.39 is 12.4 Å². The van der Waals surface area contributed by atoms with Crippen LogP contribution in [0.2, 0.25) is 0 Å². The molecule has 0 unspecified atom stereocenters. The van der Waals surface area contributed by atoms with E-state index in [1.54, 1.807) is 0 Å². The van der Waals surface area contributed by atoms with Crippen molar-refractivity contribution < 1.29 is 23.1 Å². The van der Waals surface area contributed by atoms with Gasteiger partial charge in [-0.05, 0) is 15.9 Å². The Morgan fingerprint density at radius 2 is 1.90 bits per heavy atom. The number of hydrogen-bond donors (Lipinski definition) is 2. The van der Waals surface area contributed by atoms with Crippen LogP contribution in [0.4, 0.5) is 8.78 Å². The molecule has 3 nitrogen and oxygen atoms in total. The van der Waals surface area contributed by atoms with Gasteiger partial charge in [0.1, 0.15) is 0 Å². The fourth-order valence-electron chi connectivity index (χ4n) is 0.182. The maximum absolute atomic E-state index is 11.7. The standard InChI is InChI=1S/C3H4BrF2O3P/c4-3(5,6)1-2-10(7,8)9/h1-2H,(H2,7,8,9). The first-order valence-electron chi connectivity index (χ1n) is 2.03. The Morgan fingerprint density at radius 3 is 2.00 bits per heavy atom. The summed E-state index contributed by atoms with van der Waals surface area (Å²) in [5, 5.41) is 0. The number of halogens is 3. The Morgan fingerprint density at radius 1 is 1.50 bits per heavy atom. The van der Waals surface area contributed by atoms with E-state index in [9.17, 15) is 13.3 Å². The molecule has 7 heteroatoms. The van der Waals surface area contributed by atoms with Crippen LogP contribution >= 0.6 is 23.5 Å². The third kappa shape index (κ3) is 8.23. The Balaban J connectivity index is 4.16. The summed E-state index contributed by atoms with van der Waals surface area (Å²) >= 11 is 1.87. The monoisotopic (exact) mass is 236 g/mol. The second-order valence-electron chi connectivity index (χ2n) is 1.45. The highest BCUT2D eigenvalue weighted by molar-refractivity contribution is 9.10. The van der Waals surface area contributed by atoms with Crippen LogP contribution in [0.3, 0.4) is 0 Å². The molecule has 0 aliphatic carbocycles. The zero-order valence-corrected chi connectivity index (χ0v) is 7.02. The normalized spacial score (nSPS) is 14.5. The second kappa shape index (κ2) is 3.09.